The molecule has 1 unspecified atom stereocenters. The number of aromatic nitrogens is 2. The van der Waals surface area contributed by atoms with Gasteiger partial charge in [0.25, 0.3) is 0 Å². The van der Waals surface area contributed by atoms with E-state index in [0.29, 0.717) is 6.04 Å². The molecule has 1 atom stereocenters. The van der Waals surface area contributed by atoms with Gasteiger partial charge >= 0.3 is 6.09 Å². The summed E-state index contributed by atoms with van der Waals surface area (Å²) >= 11 is 0. The molecule has 2 aromatic rings. The fourth-order valence-corrected chi connectivity index (χ4v) is 4.71. The van der Waals surface area contributed by atoms with Gasteiger partial charge in [0.15, 0.2) is 0 Å². The summed E-state index contributed by atoms with van der Waals surface area (Å²) in [6.45, 7) is 4.13. The molecule has 30 heavy (non-hydrogen) atoms. The molecule has 5 rings (SSSR count). The third kappa shape index (κ3) is 3.25. The Morgan fingerprint density at radius 3 is 2.67 bits per heavy atom. The molecule has 1 aliphatic carbocycles. The molecule has 7 nitrogen and oxygen atoms in total. The van der Waals surface area contributed by atoms with Gasteiger partial charge in [-0.05, 0) is 58.2 Å². The highest BCUT2D eigenvalue weighted by molar-refractivity contribution is 5.92. The van der Waals surface area contributed by atoms with Gasteiger partial charge in [0.2, 0.25) is 0 Å². The Morgan fingerprint density at radius 2 is 2.00 bits per heavy atom. The SMILES string of the molecule is COC(=O)N1c2ccc(-c3cnn(C4CN(C)C4)c3)c(OC3CCC3)c2CCC1C. The van der Waals surface area contributed by atoms with Gasteiger partial charge in [-0.25, -0.2) is 4.79 Å². The van der Waals surface area contributed by atoms with Crippen molar-refractivity contribution in [1.29, 1.82) is 0 Å². The minimum atomic E-state index is -0.312. The van der Waals surface area contributed by atoms with Crippen LogP contribution in [0, 0.1) is 0 Å². The van der Waals surface area contributed by atoms with Crippen LogP contribution in [-0.2, 0) is 11.2 Å². The highest BCUT2D eigenvalue weighted by Gasteiger charge is 2.34. The number of ether oxygens (including phenoxy) is 2. The van der Waals surface area contributed by atoms with Crippen molar-refractivity contribution >= 4 is 11.8 Å². The van der Waals surface area contributed by atoms with Crippen LogP contribution in [0.25, 0.3) is 11.1 Å². The lowest BCUT2D eigenvalue weighted by molar-refractivity contribution is 0.119. The highest BCUT2D eigenvalue weighted by Crippen LogP contribution is 2.44. The highest BCUT2D eigenvalue weighted by atomic mass is 16.5. The van der Waals surface area contributed by atoms with Gasteiger partial charge in [0.1, 0.15) is 5.75 Å². The standard InChI is InChI=1S/C23H30N4O3/c1-15-7-8-20-21(27(15)23(28)29-3)10-9-19(22(20)30-18-5-4-6-18)16-11-24-26(12-16)17-13-25(2)14-17/h9-12,15,17-18H,4-8,13-14H2,1-3H3. The van der Waals surface area contributed by atoms with E-state index in [1.807, 2.05) is 12.3 Å². The fraction of sp³-hybridized carbons (Fsp3) is 0.565. The van der Waals surface area contributed by atoms with Crippen molar-refractivity contribution in [2.24, 2.45) is 0 Å². The largest absolute Gasteiger partial charge is 0.489 e. The summed E-state index contributed by atoms with van der Waals surface area (Å²) in [5.41, 5.74) is 4.16. The van der Waals surface area contributed by atoms with E-state index in [4.69, 9.17) is 9.47 Å². The normalized spacial score (nSPS) is 22.2. The zero-order valence-corrected chi connectivity index (χ0v) is 18.0. The molecule has 2 fully saturated rings. The predicted octanol–water partition coefficient (Wildman–Crippen LogP) is 3.88. The number of hydrogen-bond donors (Lipinski definition) is 0. The van der Waals surface area contributed by atoms with Crippen molar-refractivity contribution in [3.8, 4) is 16.9 Å². The second-order valence-corrected chi connectivity index (χ2v) is 8.92. The number of methoxy groups -OCH3 is 1. The third-order valence-corrected chi connectivity index (χ3v) is 6.79. The molecule has 1 aromatic heterocycles. The van der Waals surface area contributed by atoms with Crippen molar-refractivity contribution in [2.75, 3.05) is 32.1 Å². The van der Waals surface area contributed by atoms with E-state index < -0.39 is 0 Å². The van der Waals surface area contributed by atoms with Gasteiger partial charge in [-0.2, -0.15) is 5.10 Å². The summed E-state index contributed by atoms with van der Waals surface area (Å²) in [4.78, 5) is 16.5. The number of fused-ring (bicyclic) bond motifs is 1. The number of likely N-dealkylation sites (N-methyl/N-ethyl adjacent to an activating group) is 1. The molecule has 3 aliphatic rings. The molecule has 0 N–H and O–H groups in total. The van der Waals surface area contributed by atoms with Crippen molar-refractivity contribution in [3.63, 3.8) is 0 Å². The Labute approximate surface area is 177 Å². The van der Waals surface area contributed by atoms with Gasteiger partial charge < -0.3 is 14.4 Å². The molecule has 0 spiro atoms. The number of anilines is 1. The molecular formula is C23H30N4O3. The molecular weight excluding hydrogens is 380 g/mol. The molecule has 160 valence electrons. The van der Waals surface area contributed by atoms with Crippen LogP contribution in [0.3, 0.4) is 0 Å². The minimum absolute atomic E-state index is 0.103. The first-order chi connectivity index (χ1) is 14.5. The number of likely N-dealkylation sites (tertiary alicyclic amines) is 1. The molecule has 2 aliphatic heterocycles. The van der Waals surface area contributed by atoms with Gasteiger partial charge in [0, 0.05) is 42.0 Å². The summed E-state index contributed by atoms with van der Waals surface area (Å²) < 4.78 is 13.7. The van der Waals surface area contributed by atoms with Crippen LogP contribution < -0.4 is 9.64 Å². The summed E-state index contributed by atoms with van der Waals surface area (Å²) in [5, 5.41) is 4.63. The van der Waals surface area contributed by atoms with Crippen LogP contribution in [0.4, 0.5) is 10.5 Å². The van der Waals surface area contributed by atoms with Crippen LogP contribution in [0.5, 0.6) is 5.75 Å². The molecule has 3 heterocycles. The first kappa shape index (κ1) is 19.4. The van der Waals surface area contributed by atoms with Crippen LogP contribution in [0.1, 0.15) is 44.2 Å². The summed E-state index contributed by atoms with van der Waals surface area (Å²) in [5.74, 6) is 0.920. The molecule has 1 saturated heterocycles. The van der Waals surface area contributed by atoms with Gasteiger partial charge in [-0.15, -0.1) is 0 Å². The number of carbonyl (C=O) groups is 1. The molecule has 0 radical (unpaired) electrons. The van der Waals surface area contributed by atoms with Crippen LogP contribution in [0.2, 0.25) is 0 Å². The number of rotatable bonds is 4. The average Bonchev–Trinajstić information content (AvgIpc) is 3.16. The van der Waals surface area contributed by atoms with E-state index in [1.54, 1.807) is 4.90 Å². The first-order valence-corrected chi connectivity index (χ1v) is 11.0. The number of benzene rings is 1. The predicted molar refractivity (Wildman–Crippen MR) is 115 cm³/mol. The molecule has 1 amide bonds. The number of hydrogen-bond acceptors (Lipinski definition) is 5. The average molecular weight is 411 g/mol. The van der Waals surface area contributed by atoms with Crippen LogP contribution in [0.15, 0.2) is 24.5 Å². The van der Waals surface area contributed by atoms with Crippen molar-refractivity contribution < 1.29 is 14.3 Å². The maximum atomic E-state index is 12.5. The molecule has 1 aromatic carbocycles. The minimum Gasteiger partial charge on any atom is -0.489 e. The lowest BCUT2D eigenvalue weighted by Gasteiger charge is -2.37. The van der Waals surface area contributed by atoms with E-state index in [0.717, 1.165) is 66.9 Å². The Morgan fingerprint density at radius 1 is 1.20 bits per heavy atom. The first-order valence-electron chi connectivity index (χ1n) is 11.0. The topological polar surface area (TPSA) is 59.8 Å². The Bertz CT molecular complexity index is 946. The quantitative estimate of drug-likeness (QED) is 0.766. The lowest BCUT2D eigenvalue weighted by atomic mass is 9.91. The van der Waals surface area contributed by atoms with Gasteiger partial charge in [0.05, 0.1) is 31.1 Å². The van der Waals surface area contributed by atoms with Crippen LogP contribution in [-0.4, -0.2) is 60.2 Å². The molecule has 0 bridgehead atoms. The van der Waals surface area contributed by atoms with E-state index in [-0.39, 0.29) is 18.2 Å². The van der Waals surface area contributed by atoms with E-state index in [9.17, 15) is 4.79 Å². The Kier molecular flexibility index (Phi) is 4.93. The molecule has 7 heteroatoms. The Hall–Kier alpha value is -2.54. The van der Waals surface area contributed by atoms with Gasteiger partial charge in [-0.1, -0.05) is 0 Å². The van der Waals surface area contributed by atoms with E-state index in [1.165, 1.54) is 13.5 Å². The monoisotopic (exact) mass is 410 g/mol. The van der Waals surface area contributed by atoms with E-state index >= 15 is 0 Å². The zero-order valence-electron chi connectivity index (χ0n) is 18.0. The van der Waals surface area contributed by atoms with Crippen LogP contribution >= 0.6 is 0 Å². The van der Waals surface area contributed by atoms with Crippen molar-refractivity contribution in [1.82, 2.24) is 14.7 Å². The van der Waals surface area contributed by atoms with Crippen molar-refractivity contribution in [3.05, 3.63) is 30.1 Å². The lowest BCUT2D eigenvalue weighted by Crippen LogP contribution is -2.45. The summed E-state index contributed by atoms with van der Waals surface area (Å²) in [7, 11) is 3.57. The fourth-order valence-electron chi connectivity index (χ4n) is 4.71. The number of amides is 1. The second kappa shape index (κ2) is 7.61. The number of nitrogens with zero attached hydrogens (tertiary/aromatic N) is 4. The molecule has 1 saturated carbocycles. The summed E-state index contributed by atoms with van der Waals surface area (Å²) in [6, 6.07) is 4.66. The second-order valence-electron chi connectivity index (χ2n) is 8.92. The maximum Gasteiger partial charge on any atom is 0.414 e. The van der Waals surface area contributed by atoms with E-state index in [2.05, 4.69) is 40.9 Å². The van der Waals surface area contributed by atoms with Gasteiger partial charge in [-0.3, -0.25) is 9.58 Å². The maximum absolute atomic E-state index is 12.5. The zero-order chi connectivity index (χ0) is 20.8. The smallest absolute Gasteiger partial charge is 0.414 e. The van der Waals surface area contributed by atoms with Crippen molar-refractivity contribution in [2.45, 2.75) is 57.2 Å². The number of carbonyl (C=O) groups excluding carboxylic acids is 1. The third-order valence-electron chi connectivity index (χ3n) is 6.79. The Balaban J connectivity index is 1.55. The summed E-state index contributed by atoms with van der Waals surface area (Å²) in [6.07, 6.45) is 9.20.